The van der Waals surface area contributed by atoms with Gasteiger partial charge >= 0.3 is 0 Å². The van der Waals surface area contributed by atoms with Crippen molar-refractivity contribution in [3.8, 4) is 5.75 Å². The standard InChI is InChI=1S/C22H19ClO2/c1-16(24)17-8-10-19(11-9-17)22(23,18-6-4-3-5-7-18)20-12-14-21(25-2)15-13-20/h3-15H,1-2H3. The minimum Gasteiger partial charge on any atom is -0.497 e. The molecule has 3 heteroatoms. The number of ether oxygens (including phenoxy) is 1. The van der Waals surface area contributed by atoms with Crippen LogP contribution < -0.4 is 4.74 Å². The van der Waals surface area contributed by atoms with Crippen molar-refractivity contribution >= 4 is 17.4 Å². The van der Waals surface area contributed by atoms with Crippen LogP contribution in [0, 0.1) is 0 Å². The normalized spacial score (nSPS) is 13.1. The summed E-state index contributed by atoms with van der Waals surface area (Å²) in [7, 11) is 1.64. The van der Waals surface area contributed by atoms with Gasteiger partial charge in [0.05, 0.1) is 7.11 Å². The van der Waals surface area contributed by atoms with Crippen molar-refractivity contribution in [2.45, 2.75) is 11.8 Å². The fourth-order valence-electron chi connectivity index (χ4n) is 2.92. The largest absolute Gasteiger partial charge is 0.497 e. The Morgan fingerprint density at radius 1 is 0.800 bits per heavy atom. The molecule has 0 saturated carbocycles. The average Bonchev–Trinajstić information content (AvgIpc) is 2.68. The van der Waals surface area contributed by atoms with Crippen molar-refractivity contribution in [1.29, 1.82) is 0 Å². The first-order valence-electron chi connectivity index (χ1n) is 8.06. The van der Waals surface area contributed by atoms with E-state index in [-0.39, 0.29) is 5.78 Å². The molecule has 126 valence electrons. The smallest absolute Gasteiger partial charge is 0.159 e. The highest BCUT2D eigenvalue weighted by Gasteiger charge is 2.34. The Kier molecular flexibility index (Phi) is 4.91. The molecule has 0 spiro atoms. The number of hydrogen-bond acceptors (Lipinski definition) is 2. The van der Waals surface area contributed by atoms with E-state index in [1.54, 1.807) is 14.0 Å². The summed E-state index contributed by atoms with van der Waals surface area (Å²) in [6.07, 6.45) is 0. The molecular formula is C22H19ClO2. The highest BCUT2D eigenvalue weighted by atomic mass is 35.5. The molecule has 0 radical (unpaired) electrons. The van der Waals surface area contributed by atoms with Crippen molar-refractivity contribution in [2.75, 3.05) is 7.11 Å². The molecule has 1 atom stereocenters. The SMILES string of the molecule is COc1ccc(C(Cl)(c2ccccc2)c2ccc(C(C)=O)cc2)cc1. The van der Waals surface area contributed by atoms with Crippen LogP contribution >= 0.6 is 11.6 Å². The van der Waals surface area contributed by atoms with Gasteiger partial charge in [0.15, 0.2) is 5.78 Å². The lowest BCUT2D eigenvalue weighted by Crippen LogP contribution is -2.22. The van der Waals surface area contributed by atoms with Gasteiger partial charge in [-0.1, -0.05) is 66.7 Å². The Labute approximate surface area is 153 Å². The molecule has 3 aromatic carbocycles. The molecule has 0 aliphatic heterocycles. The molecule has 0 aromatic heterocycles. The molecule has 0 saturated heterocycles. The number of benzene rings is 3. The molecule has 2 nitrogen and oxygen atoms in total. The fraction of sp³-hybridized carbons (Fsp3) is 0.136. The van der Waals surface area contributed by atoms with Gasteiger partial charge in [0.25, 0.3) is 0 Å². The zero-order valence-electron chi connectivity index (χ0n) is 14.2. The maximum Gasteiger partial charge on any atom is 0.159 e. The topological polar surface area (TPSA) is 26.3 Å². The van der Waals surface area contributed by atoms with E-state index < -0.39 is 4.87 Å². The zero-order chi connectivity index (χ0) is 17.9. The van der Waals surface area contributed by atoms with E-state index in [1.807, 2.05) is 78.9 Å². The minimum absolute atomic E-state index is 0.0379. The Bertz CT molecular complexity index is 855. The number of carbonyl (C=O) groups is 1. The first kappa shape index (κ1) is 17.2. The summed E-state index contributed by atoms with van der Waals surface area (Å²) < 4.78 is 5.25. The summed E-state index contributed by atoms with van der Waals surface area (Å²) in [6.45, 7) is 1.56. The van der Waals surface area contributed by atoms with Gasteiger partial charge in [-0.2, -0.15) is 0 Å². The van der Waals surface area contributed by atoms with E-state index in [1.165, 1.54) is 0 Å². The number of halogens is 1. The minimum atomic E-state index is -0.844. The fourth-order valence-corrected chi connectivity index (χ4v) is 3.30. The van der Waals surface area contributed by atoms with Crippen LogP contribution in [0.25, 0.3) is 0 Å². The number of alkyl halides is 1. The summed E-state index contributed by atoms with van der Waals surface area (Å²) in [5.41, 5.74) is 3.50. The Balaban J connectivity index is 2.16. The Hall–Kier alpha value is -2.58. The van der Waals surface area contributed by atoms with Crippen LogP contribution in [0.5, 0.6) is 5.75 Å². The maximum atomic E-state index is 11.6. The van der Waals surface area contributed by atoms with E-state index in [0.29, 0.717) is 5.56 Å². The third-order valence-corrected chi connectivity index (χ3v) is 5.00. The summed E-state index contributed by atoms with van der Waals surface area (Å²) in [5, 5.41) is 0. The number of methoxy groups -OCH3 is 1. The van der Waals surface area contributed by atoms with E-state index >= 15 is 0 Å². The molecule has 0 N–H and O–H groups in total. The second-order valence-electron chi connectivity index (χ2n) is 5.89. The summed E-state index contributed by atoms with van der Waals surface area (Å²) in [6, 6.07) is 25.2. The summed E-state index contributed by atoms with van der Waals surface area (Å²) >= 11 is 7.22. The van der Waals surface area contributed by atoms with Crippen molar-refractivity contribution in [2.24, 2.45) is 0 Å². The van der Waals surface area contributed by atoms with Crippen molar-refractivity contribution in [1.82, 2.24) is 0 Å². The molecule has 25 heavy (non-hydrogen) atoms. The lowest BCUT2D eigenvalue weighted by molar-refractivity contribution is 0.101. The number of hydrogen-bond donors (Lipinski definition) is 0. The molecule has 1 unspecified atom stereocenters. The van der Waals surface area contributed by atoms with E-state index in [0.717, 1.165) is 22.4 Å². The van der Waals surface area contributed by atoms with Gasteiger partial charge < -0.3 is 4.74 Å². The van der Waals surface area contributed by atoms with Crippen LogP contribution in [0.3, 0.4) is 0 Å². The van der Waals surface area contributed by atoms with Gasteiger partial charge in [0.1, 0.15) is 10.6 Å². The molecule has 0 heterocycles. The lowest BCUT2D eigenvalue weighted by atomic mass is 9.83. The zero-order valence-corrected chi connectivity index (χ0v) is 15.0. The van der Waals surface area contributed by atoms with Gasteiger partial charge in [-0.05, 0) is 35.7 Å². The van der Waals surface area contributed by atoms with Gasteiger partial charge in [-0.15, -0.1) is 11.6 Å². The number of Topliss-reactive ketones (excluding diaryl/α,β-unsaturated/α-hetero) is 1. The molecule has 0 bridgehead atoms. The second-order valence-corrected chi connectivity index (χ2v) is 6.45. The monoisotopic (exact) mass is 350 g/mol. The van der Waals surface area contributed by atoms with Gasteiger partial charge in [-0.3, -0.25) is 4.79 Å². The molecule has 0 aliphatic rings. The van der Waals surface area contributed by atoms with E-state index in [2.05, 4.69) is 0 Å². The first-order chi connectivity index (χ1) is 12.1. The van der Waals surface area contributed by atoms with Gasteiger partial charge in [0, 0.05) is 5.56 Å². The maximum absolute atomic E-state index is 11.6. The van der Waals surface area contributed by atoms with Crippen LogP contribution in [-0.2, 0) is 4.87 Å². The Morgan fingerprint density at radius 3 is 1.76 bits per heavy atom. The number of ketones is 1. The predicted octanol–water partition coefficient (Wildman–Crippen LogP) is 5.43. The Morgan fingerprint density at radius 2 is 1.28 bits per heavy atom. The average molecular weight is 351 g/mol. The first-order valence-corrected chi connectivity index (χ1v) is 8.44. The van der Waals surface area contributed by atoms with Crippen LogP contribution in [0.1, 0.15) is 34.0 Å². The van der Waals surface area contributed by atoms with Crippen LogP contribution in [0.15, 0.2) is 78.9 Å². The third-order valence-electron chi connectivity index (χ3n) is 4.35. The van der Waals surface area contributed by atoms with E-state index in [9.17, 15) is 4.79 Å². The number of rotatable bonds is 5. The van der Waals surface area contributed by atoms with Crippen LogP contribution in [0.4, 0.5) is 0 Å². The highest BCUT2D eigenvalue weighted by molar-refractivity contribution is 6.28. The predicted molar refractivity (Wildman–Crippen MR) is 102 cm³/mol. The molecule has 3 rings (SSSR count). The number of carbonyl (C=O) groups excluding carboxylic acids is 1. The van der Waals surface area contributed by atoms with Crippen molar-refractivity contribution in [3.63, 3.8) is 0 Å². The third kappa shape index (κ3) is 3.31. The van der Waals surface area contributed by atoms with Crippen molar-refractivity contribution in [3.05, 3.63) is 101 Å². The quantitative estimate of drug-likeness (QED) is 0.348. The van der Waals surface area contributed by atoms with Gasteiger partial charge in [0.2, 0.25) is 0 Å². The van der Waals surface area contributed by atoms with Crippen molar-refractivity contribution < 1.29 is 9.53 Å². The highest BCUT2D eigenvalue weighted by Crippen LogP contribution is 2.43. The summed E-state index contributed by atoms with van der Waals surface area (Å²) in [5.74, 6) is 0.818. The van der Waals surface area contributed by atoms with Crippen LogP contribution in [-0.4, -0.2) is 12.9 Å². The molecule has 0 fully saturated rings. The second kappa shape index (κ2) is 7.12. The summed E-state index contributed by atoms with van der Waals surface area (Å²) in [4.78, 5) is 10.7. The van der Waals surface area contributed by atoms with Gasteiger partial charge in [-0.25, -0.2) is 0 Å². The van der Waals surface area contributed by atoms with Crippen LogP contribution in [0.2, 0.25) is 0 Å². The lowest BCUT2D eigenvalue weighted by Gasteiger charge is -2.29. The molecule has 3 aromatic rings. The molecular weight excluding hydrogens is 332 g/mol. The molecule has 0 amide bonds. The van der Waals surface area contributed by atoms with E-state index in [4.69, 9.17) is 16.3 Å². The molecule has 0 aliphatic carbocycles.